The van der Waals surface area contributed by atoms with Gasteiger partial charge in [-0.3, -0.25) is 4.98 Å². The van der Waals surface area contributed by atoms with Crippen molar-refractivity contribution in [1.29, 1.82) is 0 Å². The van der Waals surface area contributed by atoms with E-state index < -0.39 is 17.7 Å². The second kappa shape index (κ2) is 6.90. The SMILES string of the molecule is CCCNC(c1ccncc1)c1c(F)ccc(Br)c1F. The van der Waals surface area contributed by atoms with Crippen LogP contribution in [0.1, 0.15) is 30.5 Å². The summed E-state index contributed by atoms with van der Waals surface area (Å²) in [6.07, 6.45) is 4.10. The molecule has 1 unspecified atom stereocenters. The van der Waals surface area contributed by atoms with Crippen LogP contribution in [0.3, 0.4) is 0 Å². The van der Waals surface area contributed by atoms with E-state index >= 15 is 0 Å². The van der Waals surface area contributed by atoms with Gasteiger partial charge in [-0.25, -0.2) is 8.78 Å². The quantitative estimate of drug-likeness (QED) is 0.824. The summed E-state index contributed by atoms with van der Waals surface area (Å²) in [7, 11) is 0. The van der Waals surface area contributed by atoms with Gasteiger partial charge in [-0.2, -0.15) is 0 Å². The minimum Gasteiger partial charge on any atom is -0.306 e. The Hall–Kier alpha value is -1.33. The van der Waals surface area contributed by atoms with E-state index in [2.05, 4.69) is 26.2 Å². The Morgan fingerprint density at radius 2 is 1.90 bits per heavy atom. The van der Waals surface area contributed by atoms with Gasteiger partial charge in [-0.1, -0.05) is 6.92 Å². The summed E-state index contributed by atoms with van der Waals surface area (Å²) in [5.41, 5.74) is 0.809. The van der Waals surface area contributed by atoms with E-state index in [9.17, 15) is 8.78 Å². The Kier molecular flexibility index (Phi) is 5.20. The third-order valence-electron chi connectivity index (χ3n) is 3.01. The molecular formula is C15H15BrF2N2. The third-order valence-corrected chi connectivity index (χ3v) is 3.62. The Labute approximate surface area is 125 Å². The van der Waals surface area contributed by atoms with Gasteiger partial charge >= 0.3 is 0 Å². The van der Waals surface area contributed by atoms with E-state index in [4.69, 9.17) is 0 Å². The highest BCUT2D eigenvalue weighted by atomic mass is 79.9. The number of halogens is 3. The molecule has 0 aliphatic rings. The molecule has 1 N–H and O–H groups in total. The molecule has 0 amide bonds. The fourth-order valence-electron chi connectivity index (χ4n) is 2.04. The number of nitrogens with zero attached hydrogens (tertiary/aromatic N) is 1. The molecule has 0 radical (unpaired) electrons. The first kappa shape index (κ1) is 15.1. The normalized spacial score (nSPS) is 12.4. The first-order valence-corrected chi connectivity index (χ1v) is 7.21. The van der Waals surface area contributed by atoms with Gasteiger partial charge in [0, 0.05) is 18.0 Å². The van der Waals surface area contributed by atoms with E-state index in [0.717, 1.165) is 12.0 Å². The second-order valence-electron chi connectivity index (χ2n) is 4.42. The molecule has 2 aromatic rings. The fourth-order valence-corrected chi connectivity index (χ4v) is 2.38. The molecule has 0 fully saturated rings. The smallest absolute Gasteiger partial charge is 0.145 e. The van der Waals surface area contributed by atoms with Crippen molar-refractivity contribution in [3.8, 4) is 0 Å². The number of hydrogen-bond donors (Lipinski definition) is 1. The highest BCUT2D eigenvalue weighted by Gasteiger charge is 2.23. The van der Waals surface area contributed by atoms with Crippen LogP contribution in [0.2, 0.25) is 0 Å². The summed E-state index contributed by atoms with van der Waals surface area (Å²) in [5, 5.41) is 3.18. The number of benzene rings is 1. The zero-order chi connectivity index (χ0) is 14.5. The summed E-state index contributed by atoms with van der Waals surface area (Å²) in [6.45, 7) is 2.67. The predicted octanol–water partition coefficient (Wildman–Crippen LogP) is 4.21. The van der Waals surface area contributed by atoms with Crippen LogP contribution < -0.4 is 5.32 Å². The predicted molar refractivity (Wildman–Crippen MR) is 78.4 cm³/mol. The lowest BCUT2D eigenvalue weighted by atomic mass is 9.98. The van der Waals surface area contributed by atoms with Crippen LogP contribution in [0.15, 0.2) is 41.1 Å². The summed E-state index contributed by atoms with van der Waals surface area (Å²) in [5.74, 6) is -1.13. The highest BCUT2D eigenvalue weighted by Crippen LogP contribution is 2.30. The van der Waals surface area contributed by atoms with Gasteiger partial charge in [0.1, 0.15) is 11.6 Å². The highest BCUT2D eigenvalue weighted by molar-refractivity contribution is 9.10. The molecule has 0 aliphatic heterocycles. The summed E-state index contributed by atoms with van der Waals surface area (Å²) < 4.78 is 28.6. The number of nitrogens with one attached hydrogen (secondary N) is 1. The van der Waals surface area contributed by atoms with E-state index in [1.54, 1.807) is 24.5 Å². The van der Waals surface area contributed by atoms with Gasteiger partial charge in [0.15, 0.2) is 0 Å². The van der Waals surface area contributed by atoms with Gasteiger partial charge in [0.05, 0.1) is 10.5 Å². The molecule has 2 nitrogen and oxygen atoms in total. The van der Waals surface area contributed by atoms with Crippen molar-refractivity contribution in [3.63, 3.8) is 0 Å². The van der Waals surface area contributed by atoms with Crippen molar-refractivity contribution in [2.45, 2.75) is 19.4 Å². The lowest BCUT2D eigenvalue weighted by Crippen LogP contribution is -2.25. The summed E-state index contributed by atoms with van der Waals surface area (Å²) in [6, 6.07) is 5.62. The standard InChI is InChI=1S/C15H15BrF2N2/c1-2-7-20-15(10-5-8-19-9-6-10)13-12(17)4-3-11(16)14(13)18/h3-6,8-9,15,20H,2,7H2,1H3. The molecule has 0 saturated heterocycles. The van der Waals surface area contributed by atoms with Crippen molar-refractivity contribution < 1.29 is 8.78 Å². The van der Waals surface area contributed by atoms with Crippen LogP contribution in [-0.4, -0.2) is 11.5 Å². The van der Waals surface area contributed by atoms with E-state index in [1.165, 1.54) is 12.1 Å². The van der Waals surface area contributed by atoms with Crippen LogP contribution in [-0.2, 0) is 0 Å². The summed E-state index contributed by atoms with van der Waals surface area (Å²) in [4.78, 5) is 3.94. The Bertz CT molecular complexity index is 576. The monoisotopic (exact) mass is 340 g/mol. The first-order valence-electron chi connectivity index (χ1n) is 6.41. The molecule has 2 rings (SSSR count). The van der Waals surface area contributed by atoms with Crippen molar-refractivity contribution in [1.82, 2.24) is 10.3 Å². The molecular weight excluding hydrogens is 326 g/mol. The van der Waals surface area contributed by atoms with Crippen molar-refractivity contribution in [3.05, 3.63) is 63.9 Å². The Balaban J connectivity index is 2.49. The van der Waals surface area contributed by atoms with Gasteiger partial charge < -0.3 is 5.32 Å². The minimum atomic E-state index is -0.574. The lowest BCUT2D eigenvalue weighted by Gasteiger charge is -2.21. The number of hydrogen-bond acceptors (Lipinski definition) is 2. The van der Waals surface area contributed by atoms with Crippen LogP contribution in [0, 0.1) is 11.6 Å². The van der Waals surface area contributed by atoms with Crippen molar-refractivity contribution in [2.24, 2.45) is 0 Å². The molecule has 20 heavy (non-hydrogen) atoms. The Morgan fingerprint density at radius 1 is 1.20 bits per heavy atom. The number of rotatable bonds is 5. The molecule has 0 saturated carbocycles. The van der Waals surface area contributed by atoms with Gasteiger partial charge in [0.25, 0.3) is 0 Å². The second-order valence-corrected chi connectivity index (χ2v) is 5.28. The summed E-state index contributed by atoms with van der Waals surface area (Å²) >= 11 is 3.11. The zero-order valence-electron chi connectivity index (χ0n) is 11.0. The van der Waals surface area contributed by atoms with Crippen LogP contribution in [0.4, 0.5) is 8.78 Å². The number of pyridine rings is 1. The van der Waals surface area contributed by atoms with E-state index in [1.807, 2.05) is 6.92 Å². The first-order chi connectivity index (χ1) is 9.65. The molecule has 0 aliphatic carbocycles. The topological polar surface area (TPSA) is 24.9 Å². The van der Waals surface area contributed by atoms with Gasteiger partial charge in [-0.15, -0.1) is 0 Å². The molecule has 0 bridgehead atoms. The van der Waals surface area contributed by atoms with Gasteiger partial charge in [-0.05, 0) is 58.7 Å². The lowest BCUT2D eigenvalue weighted by molar-refractivity contribution is 0.500. The molecule has 1 aromatic carbocycles. The zero-order valence-corrected chi connectivity index (χ0v) is 12.6. The largest absolute Gasteiger partial charge is 0.306 e. The van der Waals surface area contributed by atoms with Crippen molar-refractivity contribution in [2.75, 3.05) is 6.54 Å². The average Bonchev–Trinajstić information content (AvgIpc) is 2.47. The molecule has 1 heterocycles. The maximum Gasteiger partial charge on any atom is 0.145 e. The molecule has 5 heteroatoms. The fraction of sp³-hybridized carbons (Fsp3) is 0.267. The Morgan fingerprint density at radius 3 is 2.55 bits per heavy atom. The van der Waals surface area contributed by atoms with E-state index in [0.29, 0.717) is 6.54 Å². The van der Waals surface area contributed by atoms with Crippen LogP contribution in [0.25, 0.3) is 0 Å². The van der Waals surface area contributed by atoms with E-state index in [-0.39, 0.29) is 10.0 Å². The molecule has 106 valence electrons. The minimum absolute atomic E-state index is 0.0269. The van der Waals surface area contributed by atoms with Gasteiger partial charge in [0.2, 0.25) is 0 Å². The average molecular weight is 341 g/mol. The third kappa shape index (κ3) is 3.22. The van der Waals surface area contributed by atoms with Crippen molar-refractivity contribution >= 4 is 15.9 Å². The maximum absolute atomic E-state index is 14.3. The van der Waals surface area contributed by atoms with Crippen LogP contribution in [0.5, 0.6) is 0 Å². The molecule has 1 aromatic heterocycles. The molecule has 0 spiro atoms. The molecule has 1 atom stereocenters. The number of aromatic nitrogens is 1. The van der Waals surface area contributed by atoms with Crippen LogP contribution >= 0.6 is 15.9 Å². The maximum atomic E-state index is 14.3.